The smallest absolute Gasteiger partial charge is 0.224 e. The number of rotatable bonds is 6. The molecular weight excluding hydrogens is 268 g/mol. The molecule has 20 heavy (non-hydrogen) atoms. The lowest BCUT2D eigenvalue weighted by atomic mass is 9.93. The molecule has 0 unspecified atom stereocenters. The molecule has 4 heteroatoms. The first-order valence-electron chi connectivity index (χ1n) is 7.36. The van der Waals surface area contributed by atoms with E-state index in [2.05, 4.69) is 29.0 Å². The second kappa shape index (κ2) is 8.32. The Morgan fingerprint density at radius 2 is 2.20 bits per heavy atom. The van der Waals surface area contributed by atoms with Gasteiger partial charge in [0.05, 0.1) is 0 Å². The fraction of sp³-hybridized carbons (Fsp3) is 0.562. The fourth-order valence-electron chi connectivity index (χ4n) is 2.63. The molecule has 1 aromatic carbocycles. The first-order chi connectivity index (χ1) is 9.78. The number of piperidine rings is 1. The molecule has 0 aliphatic carbocycles. The number of hydrogen-bond acceptors (Lipinski definition) is 3. The van der Waals surface area contributed by atoms with Crippen LogP contribution in [0.25, 0.3) is 0 Å². The third-order valence-electron chi connectivity index (χ3n) is 3.76. The summed E-state index contributed by atoms with van der Waals surface area (Å²) in [6.45, 7) is 2.20. The van der Waals surface area contributed by atoms with Gasteiger partial charge < -0.3 is 10.6 Å². The quantitative estimate of drug-likeness (QED) is 0.845. The number of nitrogens with one attached hydrogen (secondary N) is 2. The Morgan fingerprint density at radius 3 is 2.95 bits per heavy atom. The van der Waals surface area contributed by atoms with E-state index in [0.29, 0.717) is 12.3 Å². The van der Waals surface area contributed by atoms with Crippen molar-refractivity contribution in [2.45, 2.75) is 31.4 Å². The molecule has 1 amide bonds. The normalized spacial score (nSPS) is 16.1. The van der Waals surface area contributed by atoms with E-state index in [4.69, 9.17) is 0 Å². The highest BCUT2D eigenvalue weighted by molar-refractivity contribution is 7.97. The van der Waals surface area contributed by atoms with Crippen LogP contribution in [0.3, 0.4) is 0 Å². The van der Waals surface area contributed by atoms with Crippen molar-refractivity contribution in [3.05, 3.63) is 29.8 Å². The summed E-state index contributed by atoms with van der Waals surface area (Å²) in [6.07, 6.45) is 6.15. The maximum Gasteiger partial charge on any atom is 0.224 e. The zero-order chi connectivity index (χ0) is 14.2. The van der Waals surface area contributed by atoms with Crippen LogP contribution in [0.4, 0.5) is 5.69 Å². The highest BCUT2D eigenvalue weighted by Gasteiger charge is 2.14. The molecule has 1 saturated heterocycles. The highest BCUT2D eigenvalue weighted by Crippen LogP contribution is 2.19. The van der Waals surface area contributed by atoms with Crippen LogP contribution in [0.1, 0.15) is 31.2 Å². The zero-order valence-electron chi connectivity index (χ0n) is 12.2. The van der Waals surface area contributed by atoms with Crippen molar-refractivity contribution < 1.29 is 4.79 Å². The maximum absolute atomic E-state index is 12.0. The Morgan fingerprint density at radius 1 is 1.40 bits per heavy atom. The second-order valence-electron chi connectivity index (χ2n) is 5.41. The van der Waals surface area contributed by atoms with Gasteiger partial charge in [0.2, 0.25) is 5.91 Å². The molecule has 0 saturated carbocycles. The molecule has 3 nitrogen and oxygen atoms in total. The predicted molar refractivity (Wildman–Crippen MR) is 87.1 cm³/mol. The molecule has 0 atom stereocenters. The first-order valence-corrected chi connectivity index (χ1v) is 8.76. The SMILES string of the molecule is CSCc1cccc(NC(=O)CCC2CCNCC2)c1. The van der Waals surface area contributed by atoms with Gasteiger partial charge in [-0.1, -0.05) is 12.1 Å². The van der Waals surface area contributed by atoms with E-state index in [1.165, 1.54) is 18.4 Å². The van der Waals surface area contributed by atoms with E-state index < -0.39 is 0 Å². The van der Waals surface area contributed by atoms with Gasteiger partial charge in [-0.05, 0) is 62.2 Å². The van der Waals surface area contributed by atoms with Crippen molar-refractivity contribution in [3.8, 4) is 0 Å². The minimum atomic E-state index is 0.143. The summed E-state index contributed by atoms with van der Waals surface area (Å²) in [5.41, 5.74) is 2.18. The van der Waals surface area contributed by atoms with Crippen LogP contribution >= 0.6 is 11.8 Å². The summed E-state index contributed by atoms with van der Waals surface area (Å²) in [4.78, 5) is 12.0. The van der Waals surface area contributed by atoms with Gasteiger partial charge in [-0.15, -0.1) is 0 Å². The molecule has 2 N–H and O–H groups in total. The number of carbonyl (C=O) groups is 1. The molecule has 1 aliphatic heterocycles. The summed E-state index contributed by atoms with van der Waals surface area (Å²) >= 11 is 1.79. The van der Waals surface area contributed by atoms with Crippen molar-refractivity contribution >= 4 is 23.4 Å². The van der Waals surface area contributed by atoms with E-state index in [1.807, 2.05) is 12.1 Å². The van der Waals surface area contributed by atoms with Gasteiger partial charge in [0.25, 0.3) is 0 Å². The maximum atomic E-state index is 12.0. The molecule has 1 aromatic rings. The molecule has 0 spiro atoms. The van der Waals surface area contributed by atoms with Gasteiger partial charge in [-0.2, -0.15) is 11.8 Å². The van der Waals surface area contributed by atoms with Gasteiger partial charge in [-0.25, -0.2) is 0 Å². The van der Waals surface area contributed by atoms with Crippen LogP contribution in [0.5, 0.6) is 0 Å². The largest absolute Gasteiger partial charge is 0.326 e. The topological polar surface area (TPSA) is 41.1 Å². The molecule has 1 aliphatic rings. The molecule has 1 heterocycles. The van der Waals surface area contributed by atoms with Crippen molar-refractivity contribution in [1.29, 1.82) is 0 Å². The summed E-state index contributed by atoms with van der Waals surface area (Å²) in [6, 6.07) is 8.14. The number of amides is 1. The van der Waals surface area contributed by atoms with Gasteiger partial charge >= 0.3 is 0 Å². The van der Waals surface area contributed by atoms with Crippen LogP contribution in [-0.2, 0) is 10.5 Å². The summed E-state index contributed by atoms with van der Waals surface area (Å²) < 4.78 is 0. The number of hydrogen-bond donors (Lipinski definition) is 2. The number of benzene rings is 1. The molecule has 0 aromatic heterocycles. The average Bonchev–Trinajstić information content (AvgIpc) is 2.47. The lowest BCUT2D eigenvalue weighted by Gasteiger charge is -2.22. The molecular formula is C16H24N2OS. The minimum absolute atomic E-state index is 0.143. The number of thioether (sulfide) groups is 1. The molecule has 0 radical (unpaired) electrons. The molecule has 1 fully saturated rings. The van der Waals surface area contributed by atoms with Crippen LogP contribution in [0.2, 0.25) is 0 Å². The van der Waals surface area contributed by atoms with Crippen molar-refractivity contribution in [1.82, 2.24) is 5.32 Å². The van der Waals surface area contributed by atoms with E-state index in [1.54, 1.807) is 11.8 Å². The third kappa shape index (κ3) is 5.17. The number of anilines is 1. The van der Waals surface area contributed by atoms with E-state index >= 15 is 0 Å². The van der Waals surface area contributed by atoms with Crippen LogP contribution in [0.15, 0.2) is 24.3 Å². The van der Waals surface area contributed by atoms with Crippen molar-refractivity contribution in [2.75, 3.05) is 24.7 Å². The summed E-state index contributed by atoms with van der Waals surface area (Å²) in [5.74, 6) is 1.84. The van der Waals surface area contributed by atoms with Gasteiger partial charge in [0.1, 0.15) is 0 Å². The van der Waals surface area contributed by atoms with E-state index in [-0.39, 0.29) is 5.91 Å². The Labute approximate surface area is 125 Å². The monoisotopic (exact) mass is 292 g/mol. The second-order valence-corrected chi connectivity index (χ2v) is 6.28. The third-order valence-corrected chi connectivity index (χ3v) is 4.38. The summed E-state index contributed by atoms with van der Waals surface area (Å²) in [5, 5.41) is 6.37. The van der Waals surface area contributed by atoms with Crippen LogP contribution in [-0.4, -0.2) is 25.3 Å². The van der Waals surface area contributed by atoms with Gasteiger partial charge in [0, 0.05) is 17.9 Å². The zero-order valence-corrected chi connectivity index (χ0v) is 13.0. The van der Waals surface area contributed by atoms with Gasteiger partial charge in [0.15, 0.2) is 0 Å². The molecule has 2 rings (SSSR count). The first kappa shape index (κ1) is 15.4. The number of carbonyl (C=O) groups excluding carboxylic acids is 1. The van der Waals surface area contributed by atoms with Gasteiger partial charge in [-0.3, -0.25) is 4.79 Å². The highest BCUT2D eigenvalue weighted by atomic mass is 32.2. The lowest BCUT2D eigenvalue weighted by molar-refractivity contribution is -0.116. The Bertz CT molecular complexity index is 430. The Balaban J connectivity index is 1.77. The molecule has 0 bridgehead atoms. The Kier molecular flexibility index (Phi) is 6.40. The Hall–Kier alpha value is -1.00. The minimum Gasteiger partial charge on any atom is -0.326 e. The predicted octanol–water partition coefficient (Wildman–Crippen LogP) is 3.27. The van der Waals surface area contributed by atoms with Crippen molar-refractivity contribution in [3.63, 3.8) is 0 Å². The standard InChI is InChI=1S/C16H24N2OS/c1-20-12-14-3-2-4-15(11-14)18-16(19)6-5-13-7-9-17-10-8-13/h2-4,11,13,17H,5-10,12H2,1H3,(H,18,19). The molecule has 110 valence electrons. The van der Waals surface area contributed by atoms with E-state index in [9.17, 15) is 4.79 Å². The fourth-order valence-corrected chi connectivity index (χ4v) is 3.15. The van der Waals surface area contributed by atoms with Crippen molar-refractivity contribution in [2.24, 2.45) is 5.92 Å². The van der Waals surface area contributed by atoms with E-state index in [0.717, 1.165) is 31.0 Å². The van der Waals surface area contributed by atoms with Crippen LogP contribution in [0, 0.1) is 5.92 Å². The summed E-state index contributed by atoms with van der Waals surface area (Å²) in [7, 11) is 0. The average molecular weight is 292 g/mol. The lowest BCUT2D eigenvalue weighted by Crippen LogP contribution is -2.28. The van der Waals surface area contributed by atoms with Crippen LogP contribution < -0.4 is 10.6 Å².